The first-order valence-electron chi connectivity index (χ1n) is 6.65. The maximum absolute atomic E-state index is 11.4. The Kier molecular flexibility index (Phi) is 3.41. The van der Waals surface area contributed by atoms with Gasteiger partial charge in [-0.15, -0.1) is 11.8 Å². The molecule has 3 N–H and O–H groups in total. The molecule has 102 valence electrons. The van der Waals surface area contributed by atoms with Gasteiger partial charge in [0, 0.05) is 22.5 Å². The molecule has 19 heavy (non-hydrogen) atoms. The molecule has 1 saturated heterocycles. The van der Waals surface area contributed by atoms with Gasteiger partial charge < -0.3 is 11.1 Å². The van der Waals surface area contributed by atoms with E-state index in [1.54, 1.807) is 0 Å². The number of nitrogens with one attached hydrogen (secondary N) is 1. The van der Waals surface area contributed by atoms with Gasteiger partial charge in [0.15, 0.2) is 0 Å². The standard InChI is InChI=1S/C14H19N3OS/c1-17-5-4-10(14(15)18)6-12(17)9-2-3-11-13(7-9)19-8-16-11/h2-3,7,10,12,16H,4-6,8H2,1H3,(H2,15,18). The van der Waals surface area contributed by atoms with Gasteiger partial charge in [-0.2, -0.15) is 0 Å². The third-order valence-electron chi connectivity index (χ3n) is 4.15. The van der Waals surface area contributed by atoms with Crippen molar-refractivity contribution in [1.82, 2.24) is 4.90 Å². The summed E-state index contributed by atoms with van der Waals surface area (Å²) in [4.78, 5) is 15.1. The number of carbonyl (C=O) groups excluding carboxylic acids is 1. The smallest absolute Gasteiger partial charge is 0.220 e. The molecule has 0 bridgehead atoms. The van der Waals surface area contributed by atoms with Crippen LogP contribution in [0.5, 0.6) is 0 Å². The van der Waals surface area contributed by atoms with E-state index in [2.05, 4.69) is 35.5 Å². The molecule has 2 aliphatic rings. The van der Waals surface area contributed by atoms with Gasteiger partial charge in [-0.3, -0.25) is 9.69 Å². The van der Waals surface area contributed by atoms with Crippen molar-refractivity contribution in [1.29, 1.82) is 0 Å². The Bertz CT molecular complexity index is 505. The first kappa shape index (κ1) is 12.8. The number of amides is 1. The van der Waals surface area contributed by atoms with Gasteiger partial charge in [-0.1, -0.05) is 6.07 Å². The number of piperidine rings is 1. The maximum atomic E-state index is 11.4. The van der Waals surface area contributed by atoms with Crippen LogP contribution in [0.3, 0.4) is 0 Å². The zero-order valence-electron chi connectivity index (χ0n) is 11.1. The lowest BCUT2D eigenvalue weighted by Crippen LogP contribution is -2.38. The molecule has 0 saturated carbocycles. The highest BCUT2D eigenvalue weighted by Crippen LogP contribution is 2.39. The molecule has 1 fully saturated rings. The zero-order chi connectivity index (χ0) is 13.4. The van der Waals surface area contributed by atoms with E-state index < -0.39 is 0 Å². The second-order valence-electron chi connectivity index (χ2n) is 5.34. The van der Waals surface area contributed by atoms with Crippen LogP contribution in [0.1, 0.15) is 24.4 Å². The molecule has 4 nitrogen and oxygen atoms in total. The number of nitrogens with two attached hydrogens (primary N) is 1. The number of rotatable bonds is 2. The Morgan fingerprint density at radius 2 is 2.37 bits per heavy atom. The fraction of sp³-hybridized carbons (Fsp3) is 0.500. The van der Waals surface area contributed by atoms with Crippen molar-refractivity contribution < 1.29 is 4.79 Å². The van der Waals surface area contributed by atoms with Crippen molar-refractivity contribution in [2.45, 2.75) is 23.8 Å². The molecule has 0 spiro atoms. The largest absolute Gasteiger partial charge is 0.375 e. The highest BCUT2D eigenvalue weighted by Gasteiger charge is 2.30. The molecule has 5 heteroatoms. The quantitative estimate of drug-likeness (QED) is 0.868. The molecule has 1 aromatic rings. The van der Waals surface area contributed by atoms with Crippen molar-refractivity contribution >= 4 is 23.4 Å². The van der Waals surface area contributed by atoms with Gasteiger partial charge in [-0.25, -0.2) is 0 Å². The normalized spacial score (nSPS) is 26.8. The molecule has 1 aromatic carbocycles. The van der Waals surface area contributed by atoms with Crippen molar-refractivity contribution in [2.24, 2.45) is 11.7 Å². The molecule has 2 heterocycles. The fourth-order valence-electron chi connectivity index (χ4n) is 2.93. The van der Waals surface area contributed by atoms with Crippen molar-refractivity contribution in [3.8, 4) is 0 Å². The minimum Gasteiger partial charge on any atom is -0.375 e. The molecule has 2 unspecified atom stereocenters. The van der Waals surface area contributed by atoms with Gasteiger partial charge >= 0.3 is 0 Å². The van der Waals surface area contributed by atoms with Crippen molar-refractivity contribution in [3.05, 3.63) is 23.8 Å². The average molecular weight is 277 g/mol. The Balaban J connectivity index is 1.85. The summed E-state index contributed by atoms with van der Waals surface area (Å²) in [6, 6.07) is 6.87. The van der Waals surface area contributed by atoms with E-state index in [1.807, 2.05) is 11.8 Å². The van der Waals surface area contributed by atoms with E-state index in [4.69, 9.17) is 5.73 Å². The molecule has 0 aromatic heterocycles. The third kappa shape index (κ3) is 2.44. The van der Waals surface area contributed by atoms with Gasteiger partial charge in [0.1, 0.15) is 0 Å². The summed E-state index contributed by atoms with van der Waals surface area (Å²) in [5, 5.41) is 3.34. The second-order valence-corrected chi connectivity index (χ2v) is 6.36. The summed E-state index contributed by atoms with van der Waals surface area (Å²) in [6.07, 6.45) is 1.71. The average Bonchev–Trinajstić information content (AvgIpc) is 2.86. The number of thioether (sulfide) groups is 1. The van der Waals surface area contributed by atoms with Crippen LogP contribution in [-0.2, 0) is 4.79 Å². The molecule has 2 atom stereocenters. The molecular weight excluding hydrogens is 258 g/mol. The number of hydrogen-bond donors (Lipinski definition) is 2. The van der Waals surface area contributed by atoms with E-state index in [0.717, 1.165) is 25.3 Å². The molecular formula is C14H19N3OS. The maximum Gasteiger partial charge on any atom is 0.220 e. The van der Waals surface area contributed by atoms with Crippen LogP contribution in [0, 0.1) is 5.92 Å². The predicted molar refractivity (Wildman–Crippen MR) is 78.1 cm³/mol. The zero-order valence-corrected chi connectivity index (χ0v) is 11.9. The van der Waals surface area contributed by atoms with E-state index in [0.29, 0.717) is 6.04 Å². The number of nitrogens with zero attached hydrogens (tertiary/aromatic N) is 1. The number of carbonyl (C=O) groups is 1. The number of likely N-dealkylation sites (tertiary alicyclic amines) is 1. The van der Waals surface area contributed by atoms with Gasteiger partial charge in [0.2, 0.25) is 5.91 Å². The number of anilines is 1. The summed E-state index contributed by atoms with van der Waals surface area (Å²) >= 11 is 1.83. The SMILES string of the molecule is CN1CCC(C(N)=O)CC1c1ccc2c(c1)SCN2. The summed E-state index contributed by atoms with van der Waals surface area (Å²) in [6.45, 7) is 0.931. The third-order valence-corrected chi connectivity index (χ3v) is 5.09. The van der Waals surface area contributed by atoms with Crippen LogP contribution in [0.25, 0.3) is 0 Å². The van der Waals surface area contributed by atoms with Crippen molar-refractivity contribution in [3.63, 3.8) is 0 Å². The first-order valence-corrected chi connectivity index (χ1v) is 7.64. The predicted octanol–water partition coefficient (Wildman–Crippen LogP) is 2.03. The summed E-state index contributed by atoms with van der Waals surface area (Å²) < 4.78 is 0. The number of benzene rings is 1. The Hall–Kier alpha value is -1.20. The van der Waals surface area contributed by atoms with Crippen LogP contribution in [0.2, 0.25) is 0 Å². The second kappa shape index (κ2) is 5.06. The minimum absolute atomic E-state index is 0.0141. The van der Waals surface area contributed by atoms with Crippen LogP contribution in [0.15, 0.2) is 23.1 Å². The highest BCUT2D eigenvalue weighted by molar-refractivity contribution is 7.99. The van der Waals surface area contributed by atoms with Crippen molar-refractivity contribution in [2.75, 3.05) is 24.8 Å². The van der Waals surface area contributed by atoms with E-state index in [1.165, 1.54) is 16.1 Å². The molecule has 1 amide bonds. The first-order chi connectivity index (χ1) is 9.15. The molecule has 0 radical (unpaired) electrons. The Labute approximate surface area is 117 Å². The molecule has 2 aliphatic heterocycles. The van der Waals surface area contributed by atoms with Crippen LogP contribution in [-0.4, -0.2) is 30.3 Å². The van der Waals surface area contributed by atoms with Gasteiger partial charge in [0.25, 0.3) is 0 Å². The summed E-state index contributed by atoms with van der Waals surface area (Å²) in [5.74, 6) is 0.805. The Morgan fingerprint density at radius 1 is 1.53 bits per heavy atom. The van der Waals surface area contributed by atoms with Gasteiger partial charge in [0.05, 0.1) is 5.88 Å². The lowest BCUT2D eigenvalue weighted by Gasteiger charge is -2.36. The molecule has 3 rings (SSSR count). The lowest BCUT2D eigenvalue weighted by molar-refractivity contribution is -0.123. The number of primary amides is 1. The number of fused-ring (bicyclic) bond motifs is 1. The van der Waals surface area contributed by atoms with E-state index in [9.17, 15) is 4.79 Å². The van der Waals surface area contributed by atoms with E-state index >= 15 is 0 Å². The monoisotopic (exact) mass is 277 g/mol. The van der Waals surface area contributed by atoms with Crippen LogP contribution < -0.4 is 11.1 Å². The fourth-order valence-corrected chi connectivity index (χ4v) is 3.83. The number of hydrogen-bond acceptors (Lipinski definition) is 4. The van der Waals surface area contributed by atoms with Crippen LogP contribution >= 0.6 is 11.8 Å². The van der Waals surface area contributed by atoms with E-state index in [-0.39, 0.29) is 11.8 Å². The van der Waals surface area contributed by atoms with Crippen LogP contribution in [0.4, 0.5) is 5.69 Å². The summed E-state index contributed by atoms with van der Waals surface area (Å²) in [7, 11) is 2.13. The minimum atomic E-state index is -0.157. The Morgan fingerprint density at radius 3 is 3.16 bits per heavy atom. The van der Waals surface area contributed by atoms with Gasteiger partial charge in [-0.05, 0) is 44.1 Å². The molecule has 0 aliphatic carbocycles. The summed E-state index contributed by atoms with van der Waals surface area (Å²) in [5.41, 5.74) is 7.99. The lowest BCUT2D eigenvalue weighted by atomic mass is 9.87. The topological polar surface area (TPSA) is 58.4 Å². The highest BCUT2D eigenvalue weighted by atomic mass is 32.2.